The van der Waals surface area contributed by atoms with E-state index in [0.29, 0.717) is 38.5 Å². The highest BCUT2D eigenvalue weighted by molar-refractivity contribution is 6.36. The number of carbonyl (C=O) groups excluding carboxylic acids is 2. The molecule has 1 aromatic heterocycles. The average molecular weight is 544 g/mol. The predicted octanol–water partition coefficient (Wildman–Crippen LogP) is 3.41. The van der Waals surface area contributed by atoms with Crippen molar-refractivity contribution in [2.75, 3.05) is 13.7 Å². The number of amides is 2. The minimum atomic E-state index is -1.14. The van der Waals surface area contributed by atoms with Crippen molar-refractivity contribution in [2.24, 2.45) is 0 Å². The molecule has 2 aromatic rings. The highest BCUT2D eigenvalue weighted by atomic mass is 35.5. The molecule has 1 unspecified atom stereocenters. The van der Waals surface area contributed by atoms with Gasteiger partial charge < -0.3 is 20.1 Å². The van der Waals surface area contributed by atoms with Crippen molar-refractivity contribution in [1.82, 2.24) is 25.4 Å². The second-order valence-electron chi connectivity index (χ2n) is 8.83. The number of aromatic amines is 1. The number of benzene rings is 1. The monoisotopic (exact) mass is 543 g/mol. The zero-order valence-electron chi connectivity index (χ0n) is 20.9. The number of H-pyrrole nitrogens is 1. The van der Waals surface area contributed by atoms with Gasteiger partial charge in [-0.1, -0.05) is 47.7 Å². The van der Waals surface area contributed by atoms with Gasteiger partial charge in [0.25, 0.3) is 11.8 Å². The van der Waals surface area contributed by atoms with Gasteiger partial charge in [-0.2, -0.15) is 0 Å². The number of aromatic nitrogens is 3. The summed E-state index contributed by atoms with van der Waals surface area (Å²) in [5.41, 5.74) is 0.499. The van der Waals surface area contributed by atoms with Crippen molar-refractivity contribution in [1.29, 1.82) is 0 Å². The number of halogens is 2. The summed E-state index contributed by atoms with van der Waals surface area (Å²) in [4.78, 5) is 31.4. The number of allylic oxidation sites excluding steroid dienone is 4. The lowest BCUT2D eigenvalue weighted by Crippen LogP contribution is -2.48. The topological polar surface area (TPSA) is 120 Å². The maximum Gasteiger partial charge on any atom is 0.291 e. The van der Waals surface area contributed by atoms with Gasteiger partial charge in [0.1, 0.15) is 29.8 Å². The molecule has 194 valence electrons. The fourth-order valence-electron chi connectivity index (χ4n) is 3.20. The van der Waals surface area contributed by atoms with E-state index in [0.717, 1.165) is 0 Å². The summed E-state index contributed by atoms with van der Waals surface area (Å²) in [7, 11) is 1.58. The van der Waals surface area contributed by atoms with Gasteiger partial charge in [0.05, 0.1) is 5.70 Å². The Hall–Kier alpha value is -3.58. The van der Waals surface area contributed by atoms with Crippen LogP contribution in [0.15, 0.2) is 54.0 Å². The highest BCUT2D eigenvalue weighted by Gasteiger charge is 2.31. The number of ether oxygens (including phenoxy) is 1. The first-order chi connectivity index (χ1) is 17.4. The second kappa shape index (κ2) is 11.6. The van der Waals surface area contributed by atoms with Gasteiger partial charge in [0.15, 0.2) is 0 Å². The van der Waals surface area contributed by atoms with E-state index in [9.17, 15) is 14.7 Å². The lowest BCUT2D eigenvalue weighted by Gasteiger charge is -2.20. The smallest absolute Gasteiger partial charge is 0.291 e. The molecular formula is C26H27Cl2N5O4. The largest absolute Gasteiger partial charge is 0.489 e. The van der Waals surface area contributed by atoms with Crippen molar-refractivity contribution in [3.8, 4) is 11.8 Å². The Morgan fingerprint density at radius 2 is 2.08 bits per heavy atom. The molecule has 0 saturated heterocycles. The number of aliphatic hydroxyl groups is 1. The van der Waals surface area contributed by atoms with E-state index in [4.69, 9.17) is 27.9 Å². The van der Waals surface area contributed by atoms with Crippen molar-refractivity contribution < 1.29 is 19.4 Å². The van der Waals surface area contributed by atoms with E-state index in [1.54, 1.807) is 58.2 Å². The van der Waals surface area contributed by atoms with Crippen LogP contribution in [0.25, 0.3) is 0 Å². The molecular weight excluding hydrogens is 517 g/mol. The van der Waals surface area contributed by atoms with E-state index in [1.165, 1.54) is 4.90 Å². The third-order valence-corrected chi connectivity index (χ3v) is 6.01. The highest BCUT2D eigenvalue weighted by Crippen LogP contribution is 2.26. The average Bonchev–Trinajstić information content (AvgIpc) is 3.28. The van der Waals surface area contributed by atoms with Gasteiger partial charge in [-0.3, -0.25) is 14.7 Å². The van der Waals surface area contributed by atoms with Crippen LogP contribution in [0.2, 0.25) is 10.0 Å². The summed E-state index contributed by atoms with van der Waals surface area (Å²) in [6.07, 6.45) is 3.50. The molecule has 1 aromatic carbocycles. The molecule has 0 aliphatic carbocycles. The molecule has 0 bridgehead atoms. The van der Waals surface area contributed by atoms with Crippen LogP contribution in [-0.4, -0.2) is 62.3 Å². The van der Waals surface area contributed by atoms with Crippen LogP contribution < -0.4 is 5.32 Å². The maximum absolute atomic E-state index is 13.0. The fraction of sp³-hybridized carbons (Fsp3) is 0.308. The van der Waals surface area contributed by atoms with Crippen molar-refractivity contribution >= 4 is 35.0 Å². The van der Waals surface area contributed by atoms with Crippen LogP contribution in [0.3, 0.4) is 0 Å². The van der Waals surface area contributed by atoms with E-state index < -0.39 is 17.6 Å². The number of hydrogen-bond donors (Lipinski definition) is 3. The van der Waals surface area contributed by atoms with Gasteiger partial charge in [-0.05, 0) is 50.6 Å². The Morgan fingerprint density at radius 3 is 2.73 bits per heavy atom. The first-order valence-corrected chi connectivity index (χ1v) is 12.0. The van der Waals surface area contributed by atoms with Crippen LogP contribution in [0.1, 0.15) is 42.8 Å². The molecule has 3 rings (SSSR count). The van der Waals surface area contributed by atoms with E-state index >= 15 is 0 Å². The van der Waals surface area contributed by atoms with Crippen molar-refractivity contribution in [2.45, 2.75) is 38.8 Å². The third-order valence-electron chi connectivity index (χ3n) is 5.30. The Kier molecular flexibility index (Phi) is 8.81. The lowest BCUT2D eigenvalue weighted by atomic mass is 10.1. The Bertz CT molecular complexity index is 1320. The summed E-state index contributed by atoms with van der Waals surface area (Å²) < 4.78 is 5.81. The summed E-state index contributed by atoms with van der Waals surface area (Å²) in [5, 5.41) is 20.0. The molecule has 37 heavy (non-hydrogen) atoms. The number of nitrogens with zero attached hydrogens (tertiary/aromatic N) is 3. The van der Waals surface area contributed by atoms with Gasteiger partial charge >= 0.3 is 0 Å². The van der Waals surface area contributed by atoms with Crippen LogP contribution in [0, 0.1) is 11.8 Å². The number of carbonyl (C=O) groups is 2. The zero-order chi connectivity index (χ0) is 27.3. The predicted molar refractivity (Wildman–Crippen MR) is 141 cm³/mol. The molecule has 0 radical (unpaired) electrons. The first-order valence-electron chi connectivity index (χ1n) is 11.2. The summed E-state index contributed by atoms with van der Waals surface area (Å²) >= 11 is 12.4. The van der Waals surface area contributed by atoms with Gasteiger partial charge in [0.2, 0.25) is 5.82 Å². The quantitative estimate of drug-likeness (QED) is 0.379. The molecule has 0 fully saturated rings. The Balaban J connectivity index is 1.67. The van der Waals surface area contributed by atoms with Crippen LogP contribution in [0.5, 0.6) is 0 Å². The fourth-order valence-corrected chi connectivity index (χ4v) is 3.73. The molecule has 0 spiro atoms. The SMILES string of the molecule is C=C(C#CC(C)(C)O)/C=C\C1=C(C)N(C)C(=O)C(NC(=O)c2n[nH]c(Cc3c(Cl)cccc3Cl)n2)CO1. The van der Waals surface area contributed by atoms with Crippen molar-refractivity contribution in [3.05, 3.63) is 81.2 Å². The van der Waals surface area contributed by atoms with Gasteiger partial charge in [0, 0.05) is 29.1 Å². The summed E-state index contributed by atoms with van der Waals surface area (Å²) in [6, 6.07) is 4.17. The number of hydrogen-bond acceptors (Lipinski definition) is 6. The minimum Gasteiger partial charge on any atom is -0.489 e. The number of rotatable bonds is 6. The normalized spacial score (nSPS) is 16.2. The molecule has 2 amide bonds. The van der Waals surface area contributed by atoms with E-state index in [-0.39, 0.29) is 24.8 Å². The summed E-state index contributed by atoms with van der Waals surface area (Å²) in [5.74, 6) is 5.09. The zero-order valence-corrected chi connectivity index (χ0v) is 22.4. The van der Waals surface area contributed by atoms with Crippen LogP contribution in [0.4, 0.5) is 0 Å². The van der Waals surface area contributed by atoms with Crippen LogP contribution in [-0.2, 0) is 16.0 Å². The third kappa shape index (κ3) is 7.46. The summed E-state index contributed by atoms with van der Waals surface area (Å²) in [6.45, 7) is 8.58. The lowest BCUT2D eigenvalue weighted by molar-refractivity contribution is -0.130. The molecule has 9 nitrogen and oxygen atoms in total. The van der Waals surface area contributed by atoms with Crippen molar-refractivity contribution in [3.63, 3.8) is 0 Å². The molecule has 1 aliphatic rings. The Labute approximate surface area is 225 Å². The number of likely N-dealkylation sites (N-methyl/N-ethyl adjacent to an activating group) is 1. The van der Waals surface area contributed by atoms with E-state index in [2.05, 4.69) is 38.9 Å². The maximum atomic E-state index is 13.0. The first kappa shape index (κ1) is 28.0. The molecule has 3 N–H and O–H groups in total. The molecule has 1 aliphatic heterocycles. The standard InChI is InChI=1S/C26H27Cl2N5O4/c1-15(11-12-26(3,4)36)9-10-21-16(2)33(5)25(35)20(14-37-21)29-24(34)23-30-22(31-32-23)13-17-18(27)7-6-8-19(17)28/h6-10,20,36H,1,13-14H2,2-5H3,(H,29,34)(H,30,31,32)/b10-9-. The number of nitrogens with one attached hydrogen (secondary N) is 2. The molecule has 0 saturated carbocycles. The van der Waals surface area contributed by atoms with Crippen LogP contribution >= 0.6 is 23.2 Å². The van der Waals surface area contributed by atoms with Gasteiger partial charge in [-0.25, -0.2) is 4.98 Å². The molecule has 11 heteroatoms. The minimum absolute atomic E-state index is 0.111. The van der Waals surface area contributed by atoms with E-state index in [1.807, 2.05) is 0 Å². The molecule has 1 atom stereocenters. The van der Waals surface area contributed by atoms with Gasteiger partial charge in [-0.15, -0.1) is 5.10 Å². The molecule has 2 heterocycles. The second-order valence-corrected chi connectivity index (χ2v) is 9.65. The Morgan fingerprint density at radius 1 is 1.41 bits per heavy atom.